The summed E-state index contributed by atoms with van der Waals surface area (Å²) in [5.74, 6) is -0.605. The van der Waals surface area contributed by atoms with E-state index in [1.165, 1.54) is 25.1 Å². The molecule has 144 valence electrons. The Bertz CT molecular complexity index is 1010. The number of hydrogen-bond donors (Lipinski definition) is 1. The Hall–Kier alpha value is -2.65. The van der Waals surface area contributed by atoms with Gasteiger partial charge in [0.15, 0.2) is 0 Å². The highest BCUT2D eigenvalue weighted by atomic mass is 35.5. The molecule has 2 aromatic carbocycles. The van der Waals surface area contributed by atoms with Crippen LogP contribution in [0.1, 0.15) is 11.1 Å². The average Bonchev–Trinajstić information content (AvgIpc) is 2.55. The Kier molecular flexibility index (Phi) is 6.07. The van der Waals surface area contributed by atoms with Gasteiger partial charge in [-0.05, 0) is 37.6 Å². The van der Waals surface area contributed by atoms with Crippen LogP contribution in [0.25, 0.3) is 0 Å². The number of carbonyl (C=O) groups excluding carboxylic acids is 1. The molecule has 8 nitrogen and oxygen atoms in total. The van der Waals surface area contributed by atoms with Crippen molar-refractivity contribution in [3.8, 4) is 0 Å². The van der Waals surface area contributed by atoms with Crippen LogP contribution in [0.15, 0.2) is 36.4 Å². The number of nitrogens with one attached hydrogen (secondary N) is 1. The smallest absolute Gasteiger partial charge is 0.274 e. The fourth-order valence-corrected chi connectivity index (χ4v) is 3.55. The lowest BCUT2D eigenvalue weighted by Gasteiger charge is -2.23. The first-order chi connectivity index (χ1) is 12.5. The van der Waals surface area contributed by atoms with Gasteiger partial charge < -0.3 is 5.32 Å². The summed E-state index contributed by atoms with van der Waals surface area (Å²) in [5, 5.41) is 14.2. The quantitative estimate of drug-likeness (QED) is 0.579. The largest absolute Gasteiger partial charge is 0.324 e. The predicted molar refractivity (Wildman–Crippen MR) is 105 cm³/mol. The molecule has 0 saturated heterocycles. The monoisotopic (exact) mass is 411 g/mol. The van der Waals surface area contributed by atoms with Gasteiger partial charge in [0.25, 0.3) is 5.69 Å². The molecular formula is C17H18ClN3O5S. The minimum atomic E-state index is -3.86. The number of aryl methyl sites for hydroxylation is 1. The summed E-state index contributed by atoms with van der Waals surface area (Å²) in [7, 11) is -3.86. The zero-order chi connectivity index (χ0) is 20.4. The van der Waals surface area contributed by atoms with E-state index in [-0.39, 0.29) is 16.9 Å². The van der Waals surface area contributed by atoms with Gasteiger partial charge in [-0.2, -0.15) is 0 Å². The lowest BCUT2D eigenvalue weighted by molar-refractivity contribution is -0.385. The van der Waals surface area contributed by atoms with Gasteiger partial charge in [-0.1, -0.05) is 23.7 Å². The lowest BCUT2D eigenvalue weighted by atomic mass is 10.1. The van der Waals surface area contributed by atoms with Crippen LogP contribution in [0.4, 0.5) is 17.1 Å². The zero-order valence-electron chi connectivity index (χ0n) is 14.9. The molecule has 10 heteroatoms. The number of nitro benzene ring substituents is 1. The zero-order valence-corrected chi connectivity index (χ0v) is 16.5. The molecule has 0 aliphatic rings. The Morgan fingerprint density at radius 3 is 2.48 bits per heavy atom. The second kappa shape index (κ2) is 7.93. The van der Waals surface area contributed by atoms with Crippen LogP contribution in [0.5, 0.6) is 0 Å². The number of nitro groups is 1. The van der Waals surface area contributed by atoms with Crippen molar-refractivity contribution in [2.75, 3.05) is 22.4 Å². The standard InChI is InChI=1S/C17H18ClN3O5S/c1-11-7-8-13(9-14(11)18)19-17(22)10-20(27(3,25)26)15-5-4-6-16(12(15)2)21(23)24/h4-9H,10H2,1-3H3,(H,19,22). The fourth-order valence-electron chi connectivity index (χ4n) is 2.46. The van der Waals surface area contributed by atoms with Gasteiger partial charge in [0.1, 0.15) is 6.54 Å². The number of nitrogens with zero attached hydrogens (tertiary/aromatic N) is 2. The molecule has 2 rings (SSSR count). The van der Waals surface area contributed by atoms with Gasteiger partial charge in [-0.25, -0.2) is 8.42 Å². The summed E-state index contributed by atoms with van der Waals surface area (Å²) in [6.07, 6.45) is 0.932. The number of sulfonamides is 1. The number of carbonyl (C=O) groups is 1. The van der Waals surface area contributed by atoms with Crippen LogP contribution in [0, 0.1) is 24.0 Å². The molecule has 1 N–H and O–H groups in total. The number of anilines is 2. The number of rotatable bonds is 6. The van der Waals surface area contributed by atoms with Crippen molar-refractivity contribution in [3.05, 3.63) is 62.7 Å². The molecule has 0 atom stereocenters. The Labute approximate surface area is 162 Å². The summed E-state index contributed by atoms with van der Waals surface area (Å²) in [5.41, 5.74) is 1.24. The maximum Gasteiger partial charge on any atom is 0.274 e. The molecule has 0 radical (unpaired) electrons. The molecule has 27 heavy (non-hydrogen) atoms. The molecule has 0 aliphatic heterocycles. The summed E-state index contributed by atoms with van der Waals surface area (Å²) in [6, 6.07) is 8.97. The SMILES string of the molecule is Cc1ccc(NC(=O)CN(c2cccc([N+](=O)[O-])c2C)S(C)(=O)=O)cc1Cl. The van der Waals surface area contributed by atoms with Crippen molar-refractivity contribution in [2.24, 2.45) is 0 Å². The molecule has 0 spiro atoms. The third-order valence-corrected chi connectivity index (χ3v) is 5.42. The van der Waals surface area contributed by atoms with Crippen LogP contribution >= 0.6 is 11.6 Å². The van der Waals surface area contributed by atoms with Gasteiger partial charge in [-0.3, -0.25) is 19.2 Å². The Morgan fingerprint density at radius 1 is 1.26 bits per heavy atom. The van der Waals surface area contributed by atoms with Gasteiger partial charge >= 0.3 is 0 Å². The lowest BCUT2D eigenvalue weighted by Crippen LogP contribution is -2.38. The molecule has 0 heterocycles. The fraction of sp³-hybridized carbons (Fsp3) is 0.235. The van der Waals surface area contributed by atoms with Crippen LogP contribution in [0.3, 0.4) is 0 Å². The van der Waals surface area contributed by atoms with Crippen LogP contribution < -0.4 is 9.62 Å². The van der Waals surface area contributed by atoms with Crippen molar-refractivity contribution in [1.29, 1.82) is 0 Å². The molecule has 0 unspecified atom stereocenters. The molecule has 1 amide bonds. The minimum absolute atomic E-state index is 0.0730. The Balaban J connectivity index is 2.33. The highest BCUT2D eigenvalue weighted by Gasteiger charge is 2.25. The maximum atomic E-state index is 12.4. The summed E-state index contributed by atoms with van der Waals surface area (Å²) in [4.78, 5) is 22.9. The number of amides is 1. The minimum Gasteiger partial charge on any atom is -0.324 e. The van der Waals surface area contributed by atoms with Gasteiger partial charge in [0.2, 0.25) is 15.9 Å². The predicted octanol–water partition coefficient (Wildman–Crippen LogP) is 3.27. The highest BCUT2D eigenvalue weighted by molar-refractivity contribution is 7.92. The van der Waals surface area contributed by atoms with Gasteiger partial charge in [-0.15, -0.1) is 0 Å². The van der Waals surface area contributed by atoms with Crippen LogP contribution in [-0.2, 0) is 14.8 Å². The van der Waals surface area contributed by atoms with E-state index >= 15 is 0 Å². The van der Waals surface area contributed by atoms with E-state index in [4.69, 9.17) is 11.6 Å². The Morgan fingerprint density at radius 2 is 1.93 bits per heavy atom. The summed E-state index contributed by atoms with van der Waals surface area (Å²) >= 11 is 6.02. The van der Waals surface area contributed by atoms with Crippen LogP contribution in [0.2, 0.25) is 5.02 Å². The first kappa shape index (κ1) is 20.7. The average molecular weight is 412 g/mol. The number of halogens is 1. The molecule has 0 aliphatic carbocycles. The summed E-state index contributed by atoms with van der Waals surface area (Å²) in [6.45, 7) is 2.71. The third kappa shape index (κ3) is 4.95. The van der Waals surface area contributed by atoms with E-state index in [1.807, 2.05) is 6.92 Å². The van der Waals surface area contributed by atoms with E-state index in [1.54, 1.807) is 18.2 Å². The molecule has 0 saturated carbocycles. The van der Waals surface area contributed by atoms with Crippen molar-refractivity contribution < 1.29 is 18.1 Å². The highest BCUT2D eigenvalue weighted by Crippen LogP contribution is 2.29. The molecule has 0 aromatic heterocycles. The molecule has 0 bridgehead atoms. The number of hydrogen-bond acceptors (Lipinski definition) is 5. The van der Waals surface area contributed by atoms with E-state index in [0.717, 1.165) is 16.1 Å². The summed E-state index contributed by atoms with van der Waals surface area (Å²) < 4.78 is 25.2. The molecular weight excluding hydrogens is 394 g/mol. The van der Waals surface area contributed by atoms with Crippen molar-refractivity contribution >= 4 is 44.6 Å². The maximum absolute atomic E-state index is 12.4. The van der Waals surface area contributed by atoms with E-state index in [0.29, 0.717) is 10.7 Å². The third-order valence-electron chi connectivity index (χ3n) is 3.89. The first-order valence-electron chi connectivity index (χ1n) is 7.78. The van der Waals surface area contributed by atoms with Crippen molar-refractivity contribution in [1.82, 2.24) is 0 Å². The molecule has 0 fully saturated rings. The molecule has 2 aromatic rings. The first-order valence-corrected chi connectivity index (χ1v) is 10.0. The second-order valence-electron chi connectivity index (χ2n) is 5.96. The second-order valence-corrected chi connectivity index (χ2v) is 8.27. The van der Waals surface area contributed by atoms with E-state index in [9.17, 15) is 23.3 Å². The number of benzene rings is 2. The van der Waals surface area contributed by atoms with Gasteiger partial charge in [0, 0.05) is 16.8 Å². The topological polar surface area (TPSA) is 110 Å². The van der Waals surface area contributed by atoms with Crippen molar-refractivity contribution in [3.63, 3.8) is 0 Å². The normalized spacial score (nSPS) is 11.1. The van der Waals surface area contributed by atoms with Gasteiger partial charge in [0.05, 0.1) is 22.4 Å². The van der Waals surface area contributed by atoms with Crippen LogP contribution in [-0.4, -0.2) is 32.0 Å². The van der Waals surface area contributed by atoms with E-state index in [2.05, 4.69) is 5.32 Å². The van der Waals surface area contributed by atoms with Crippen molar-refractivity contribution in [2.45, 2.75) is 13.8 Å². The van der Waals surface area contributed by atoms with E-state index < -0.39 is 27.4 Å².